The molecule has 162 valence electrons. The molecule has 0 radical (unpaired) electrons. The number of aryl methyl sites for hydroxylation is 1. The predicted molar refractivity (Wildman–Crippen MR) is 130 cm³/mol. The summed E-state index contributed by atoms with van der Waals surface area (Å²) in [5, 5.41) is 0.627. The van der Waals surface area contributed by atoms with E-state index in [-0.39, 0.29) is 17.2 Å². The van der Waals surface area contributed by atoms with Gasteiger partial charge in [0.15, 0.2) is 0 Å². The summed E-state index contributed by atoms with van der Waals surface area (Å²) < 4.78 is 0. The zero-order chi connectivity index (χ0) is 22.1. The maximum Gasteiger partial charge on any atom is 0.258 e. The minimum absolute atomic E-state index is 0.0249. The van der Waals surface area contributed by atoms with Gasteiger partial charge in [0.25, 0.3) is 5.91 Å². The van der Waals surface area contributed by atoms with Crippen LogP contribution in [-0.4, -0.2) is 29.0 Å². The molecule has 2 heterocycles. The molecular formula is C26H23ClN2O2S. The fourth-order valence-electron chi connectivity index (χ4n) is 4.38. The minimum Gasteiger partial charge on any atom is -0.322 e. The monoisotopic (exact) mass is 462 g/mol. The third-order valence-corrected chi connectivity index (χ3v) is 7.54. The van der Waals surface area contributed by atoms with Crippen molar-refractivity contribution in [1.82, 2.24) is 4.90 Å². The maximum absolute atomic E-state index is 13.2. The van der Waals surface area contributed by atoms with Crippen molar-refractivity contribution in [2.75, 3.05) is 17.2 Å². The Bertz CT molecular complexity index is 1150. The lowest BCUT2D eigenvalue weighted by molar-refractivity contribution is -0.128. The average Bonchev–Trinajstić information content (AvgIpc) is 3.19. The lowest BCUT2D eigenvalue weighted by atomic mass is 10.0. The molecule has 3 aromatic carbocycles. The van der Waals surface area contributed by atoms with Crippen molar-refractivity contribution in [2.24, 2.45) is 0 Å². The summed E-state index contributed by atoms with van der Waals surface area (Å²) >= 11 is 7.61. The second-order valence-corrected chi connectivity index (χ2v) is 9.63. The molecule has 1 fully saturated rings. The number of carbonyl (C=O) groups is 2. The number of nitrogens with zero attached hydrogens (tertiary/aromatic N) is 2. The van der Waals surface area contributed by atoms with Crippen LogP contribution in [0.5, 0.6) is 0 Å². The molecule has 1 atom stereocenters. The van der Waals surface area contributed by atoms with Crippen LogP contribution in [0.25, 0.3) is 0 Å². The number of carbonyl (C=O) groups excluding carboxylic acids is 2. The lowest BCUT2D eigenvalue weighted by Crippen LogP contribution is -2.35. The van der Waals surface area contributed by atoms with E-state index in [0.29, 0.717) is 22.9 Å². The second kappa shape index (κ2) is 9.00. The molecule has 32 heavy (non-hydrogen) atoms. The van der Waals surface area contributed by atoms with Gasteiger partial charge in [0.1, 0.15) is 5.37 Å². The highest BCUT2D eigenvalue weighted by atomic mass is 35.5. The highest BCUT2D eigenvalue weighted by molar-refractivity contribution is 8.00. The number of benzene rings is 3. The van der Waals surface area contributed by atoms with Crippen molar-refractivity contribution in [1.29, 1.82) is 0 Å². The van der Waals surface area contributed by atoms with E-state index in [2.05, 4.69) is 6.07 Å². The molecule has 0 aliphatic carbocycles. The first kappa shape index (κ1) is 21.1. The molecule has 0 spiro atoms. The van der Waals surface area contributed by atoms with Crippen LogP contribution >= 0.6 is 23.4 Å². The lowest BCUT2D eigenvalue weighted by Gasteiger charge is -2.29. The standard InChI is InChI=1S/C26H23ClN2O2S/c27-22-13-7-18(8-14-22)16-29-24(30)17-32-26(29)21-11-9-20(10-12-21)25(31)28-15-3-5-19-4-1-2-6-23(19)28/h1-2,4,6-14,26H,3,5,15-17H2/t26-/m0/s1. The molecule has 0 bridgehead atoms. The number of hydrogen-bond donors (Lipinski definition) is 0. The van der Waals surface area contributed by atoms with Crippen LogP contribution < -0.4 is 4.90 Å². The third kappa shape index (κ3) is 4.15. The van der Waals surface area contributed by atoms with Crippen LogP contribution in [0.2, 0.25) is 5.02 Å². The molecule has 0 unspecified atom stereocenters. The number of halogens is 1. The van der Waals surface area contributed by atoms with Crippen molar-refractivity contribution < 1.29 is 9.59 Å². The van der Waals surface area contributed by atoms with Crippen LogP contribution in [0.4, 0.5) is 5.69 Å². The molecule has 0 N–H and O–H groups in total. The van der Waals surface area contributed by atoms with Gasteiger partial charge in [-0.25, -0.2) is 0 Å². The van der Waals surface area contributed by atoms with E-state index in [4.69, 9.17) is 11.6 Å². The maximum atomic E-state index is 13.2. The summed E-state index contributed by atoms with van der Waals surface area (Å²) in [4.78, 5) is 29.5. The van der Waals surface area contributed by atoms with Gasteiger partial charge in [0, 0.05) is 29.4 Å². The smallest absolute Gasteiger partial charge is 0.258 e. The summed E-state index contributed by atoms with van der Waals surface area (Å²) in [7, 11) is 0. The van der Waals surface area contributed by atoms with Gasteiger partial charge in [-0.15, -0.1) is 11.8 Å². The summed E-state index contributed by atoms with van der Waals surface area (Å²) in [5.41, 5.74) is 4.99. The zero-order valence-electron chi connectivity index (χ0n) is 17.5. The normalized spacial score (nSPS) is 18.0. The summed E-state index contributed by atoms with van der Waals surface area (Å²) in [6.07, 6.45) is 1.98. The summed E-state index contributed by atoms with van der Waals surface area (Å²) in [6.45, 7) is 1.28. The topological polar surface area (TPSA) is 40.6 Å². The van der Waals surface area contributed by atoms with E-state index in [1.165, 1.54) is 5.56 Å². The van der Waals surface area contributed by atoms with Crippen molar-refractivity contribution in [2.45, 2.75) is 24.8 Å². The number of hydrogen-bond acceptors (Lipinski definition) is 3. The molecule has 6 heteroatoms. The average molecular weight is 463 g/mol. The van der Waals surface area contributed by atoms with Gasteiger partial charge in [-0.2, -0.15) is 0 Å². The first-order valence-corrected chi connectivity index (χ1v) is 12.2. The number of anilines is 1. The van der Waals surface area contributed by atoms with E-state index in [1.54, 1.807) is 11.8 Å². The quantitative estimate of drug-likeness (QED) is 0.498. The largest absolute Gasteiger partial charge is 0.322 e. The Kier molecular flexibility index (Phi) is 5.94. The van der Waals surface area contributed by atoms with Crippen molar-refractivity contribution >= 4 is 40.9 Å². The molecular weight excluding hydrogens is 440 g/mol. The Morgan fingerprint density at radius 2 is 1.75 bits per heavy atom. The molecule has 3 aromatic rings. The SMILES string of the molecule is O=C(c1ccc([C@@H]2SCC(=O)N2Cc2ccc(Cl)cc2)cc1)N1CCCc2ccccc21. The third-order valence-electron chi connectivity index (χ3n) is 6.03. The highest BCUT2D eigenvalue weighted by Crippen LogP contribution is 2.40. The summed E-state index contributed by atoms with van der Waals surface area (Å²) in [5.74, 6) is 0.612. The van der Waals surface area contributed by atoms with Gasteiger partial charge in [0.05, 0.1) is 5.75 Å². The Morgan fingerprint density at radius 3 is 2.53 bits per heavy atom. The van der Waals surface area contributed by atoms with Gasteiger partial charge < -0.3 is 9.80 Å². The molecule has 4 nitrogen and oxygen atoms in total. The second-order valence-electron chi connectivity index (χ2n) is 8.12. The van der Waals surface area contributed by atoms with Crippen LogP contribution in [0.1, 0.15) is 38.8 Å². The Balaban J connectivity index is 1.34. The van der Waals surface area contributed by atoms with E-state index in [9.17, 15) is 9.59 Å². The molecule has 0 saturated carbocycles. The summed E-state index contributed by atoms with van der Waals surface area (Å²) in [6, 6.07) is 23.5. The van der Waals surface area contributed by atoms with Crippen LogP contribution in [0, 0.1) is 0 Å². The Morgan fingerprint density at radius 1 is 1.00 bits per heavy atom. The van der Waals surface area contributed by atoms with E-state index < -0.39 is 0 Å². The first-order valence-electron chi connectivity index (χ1n) is 10.8. The van der Waals surface area contributed by atoms with Gasteiger partial charge in [-0.05, 0) is 59.9 Å². The Labute approximate surface area is 197 Å². The molecule has 1 saturated heterocycles. The number of fused-ring (bicyclic) bond motifs is 1. The van der Waals surface area contributed by atoms with E-state index >= 15 is 0 Å². The number of amides is 2. The van der Waals surface area contributed by atoms with Crippen LogP contribution in [-0.2, 0) is 17.8 Å². The minimum atomic E-state index is -0.0574. The van der Waals surface area contributed by atoms with Gasteiger partial charge >= 0.3 is 0 Å². The molecule has 0 aromatic heterocycles. The predicted octanol–water partition coefficient (Wildman–Crippen LogP) is 5.71. The van der Waals surface area contributed by atoms with Gasteiger partial charge in [-0.1, -0.05) is 54.1 Å². The number of rotatable bonds is 4. The molecule has 5 rings (SSSR count). The van der Waals surface area contributed by atoms with Gasteiger partial charge in [-0.3, -0.25) is 9.59 Å². The molecule has 2 amide bonds. The zero-order valence-corrected chi connectivity index (χ0v) is 19.1. The Hall–Kier alpha value is -2.76. The highest BCUT2D eigenvalue weighted by Gasteiger charge is 2.33. The fraction of sp³-hybridized carbons (Fsp3) is 0.231. The van der Waals surface area contributed by atoms with Crippen LogP contribution in [0.15, 0.2) is 72.8 Å². The molecule has 2 aliphatic rings. The fourth-order valence-corrected chi connectivity index (χ4v) is 5.69. The van der Waals surface area contributed by atoms with Crippen LogP contribution in [0.3, 0.4) is 0 Å². The first-order chi connectivity index (χ1) is 15.6. The number of para-hydroxylation sites is 1. The van der Waals surface area contributed by atoms with Crippen molar-refractivity contribution in [3.8, 4) is 0 Å². The van der Waals surface area contributed by atoms with Crippen molar-refractivity contribution in [3.05, 3.63) is 100 Å². The van der Waals surface area contributed by atoms with Gasteiger partial charge in [0.2, 0.25) is 5.91 Å². The van der Waals surface area contributed by atoms with E-state index in [0.717, 1.165) is 36.2 Å². The van der Waals surface area contributed by atoms with Crippen molar-refractivity contribution in [3.63, 3.8) is 0 Å². The number of thioether (sulfide) groups is 1. The van der Waals surface area contributed by atoms with E-state index in [1.807, 2.05) is 76.5 Å². The molecule has 2 aliphatic heterocycles.